The third kappa shape index (κ3) is 4.36. The molecule has 1 nitrogen and oxygen atoms in total. The minimum atomic E-state index is -0.160. The predicted octanol–water partition coefficient (Wildman–Crippen LogP) is 4.54. The lowest BCUT2D eigenvalue weighted by Gasteiger charge is -2.08. The largest absolute Gasteiger partial charge is 0.313 e. The lowest BCUT2D eigenvalue weighted by molar-refractivity contribution is 0.617. The van der Waals surface area contributed by atoms with E-state index in [0.717, 1.165) is 22.8 Å². The van der Waals surface area contributed by atoms with Crippen LogP contribution in [-0.2, 0) is 12.3 Å². The molecule has 3 heteroatoms. The van der Waals surface area contributed by atoms with E-state index in [0.29, 0.717) is 6.54 Å². The Balaban J connectivity index is 2.05. The minimum Gasteiger partial charge on any atom is -0.313 e. The maximum absolute atomic E-state index is 13.6. The van der Waals surface area contributed by atoms with Gasteiger partial charge >= 0.3 is 0 Å². The summed E-state index contributed by atoms with van der Waals surface area (Å²) < 4.78 is 13.6. The summed E-state index contributed by atoms with van der Waals surface area (Å²) in [6.45, 7) is 5.76. The summed E-state index contributed by atoms with van der Waals surface area (Å²) >= 11 is 1.68. The summed E-state index contributed by atoms with van der Waals surface area (Å²) in [6.07, 6.45) is 0. The standard InChI is InChI=1S/C17H20FNS/c1-3-19-11-14-8-16(18)10-17(9-14)20-12-15-7-5-4-6-13(15)2/h4-10,19H,3,11-12H2,1-2H3. The molecule has 0 aromatic heterocycles. The average molecular weight is 289 g/mol. The van der Waals surface area contributed by atoms with Crippen LogP contribution >= 0.6 is 11.8 Å². The zero-order chi connectivity index (χ0) is 14.4. The van der Waals surface area contributed by atoms with Crippen molar-refractivity contribution in [3.63, 3.8) is 0 Å². The van der Waals surface area contributed by atoms with Crippen LogP contribution in [0.3, 0.4) is 0 Å². The van der Waals surface area contributed by atoms with Crippen LogP contribution in [0.2, 0.25) is 0 Å². The second kappa shape index (κ2) is 7.46. The van der Waals surface area contributed by atoms with E-state index in [4.69, 9.17) is 0 Å². The van der Waals surface area contributed by atoms with Crippen molar-refractivity contribution in [2.75, 3.05) is 6.54 Å². The molecule has 0 heterocycles. The Morgan fingerprint density at radius 2 is 1.95 bits per heavy atom. The fourth-order valence-electron chi connectivity index (χ4n) is 2.01. The molecule has 0 fully saturated rings. The zero-order valence-electron chi connectivity index (χ0n) is 11.9. The van der Waals surface area contributed by atoms with Crippen LogP contribution in [0.25, 0.3) is 0 Å². The summed E-state index contributed by atoms with van der Waals surface area (Å²) in [7, 11) is 0. The molecule has 0 spiro atoms. The van der Waals surface area contributed by atoms with Crippen molar-refractivity contribution in [3.8, 4) is 0 Å². The van der Waals surface area contributed by atoms with Crippen molar-refractivity contribution >= 4 is 11.8 Å². The molecule has 0 atom stereocenters. The van der Waals surface area contributed by atoms with Gasteiger partial charge in [-0.2, -0.15) is 0 Å². The molecule has 0 aliphatic carbocycles. The molecular formula is C17H20FNS. The van der Waals surface area contributed by atoms with Gasteiger partial charge in [0.1, 0.15) is 5.82 Å². The first-order valence-corrected chi connectivity index (χ1v) is 7.85. The number of aryl methyl sites for hydroxylation is 1. The Kier molecular flexibility index (Phi) is 5.62. The van der Waals surface area contributed by atoms with E-state index in [9.17, 15) is 4.39 Å². The Morgan fingerprint density at radius 1 is 1.15 bits per heavy atom. The third-order valence-corrected chi connectivity index (χ3v) is 4.19. The van der Waals surface area contributed by atoms with Gasteiger partial charge in [0.25, 0.3) is 0 Å². The summed E-state index contributed by atoms with van der Waals surface area (Å²) in [5.41, 5.74) is 3.58. The predicted molar refractivity (Wildman–Crippen MR) is 84.5 cm³/mol. The molecule has 1 N–H and O–H groups in total. The average Bonchev–Trinajstić information content (AvgIpc) is 2.44. The van der Waals surface area contributed by atoms with Gasteiger partial charge < -0.3 is 5.32 Å². The Bertz CT molecular complexity index is 569. The molecule has 0 saturated heterocycles. The number of hydrogen-bond donors (Lipinski definition) is 1. The second-order valence-electron chi connectivity index (χ2n) is 4.79. The summed E-state index contributed by atoms with van der Waals surface area (Å²) in [6, 6.07) is 13.6. The van der Waals surface area contributed by atoms with E-state index in [-0.39, 0.29) is 5.82 Å². The SMILES string of the molecule is CCNCc1cc(F)cc(SCc2ccccc2C)c1. The van der Waals surface area contributed by atoms with Gasteiger partial charge in [0.2, 0.25) is 0 Å². The number of rotatable bonds is 6. The summed E-state index contributed by atoms with van der Waals surface area (Å²) in [5.74, 6) is 0.712. The molecule has 106 valence electrons. The Morgan fingerprint density at radius 3 is 2.70 bits per heavy atom. The number of hydrogen-bond acceptors (Lipinski definition) is 2. The molecule has 20 heavy (non-hydrogen) atoms. The molecule has 0 bridgehead atoms. The van der Waals surface area contributed by atoms with Crippen molar-refractivity contribution < 1.29 is 4.39 Å². The lowest BCUT2D eigenvalue weighted by atomic mass is 10.1. The maximum Gasteiger partial charge on any atom is 0.124 e. The number of benzene rings is 2. The van der Waals surface area contributed by atoms with Crippen molar-refractivity contribution in [1.82, 2.24) is 5.32 Å². The molecular weight excluding hydrogens is 269 g/mol. The quantitative estimate of drug-likeness (QED) is 0.784. The number of halogens is 1. The smallest absolute Gasteiger partial charge is 0.124 e. The molecule has 0 unspecified atom stereocenters. The molecule has 2 aromatic rings. The third-order valence-electron chi connectivity index (χ3n) is 3.17. The number of nitrogens with one attached hydrogen (secondary N) is 1. The van der Waals surface area contributed by atoms with E-state index in [2.05, 4.69) is 30.4 Å². The van der Waals surface area contributed by atoms with Crippen molar-refractivity contribution in [2.24, 2.45) is 0 Å². The van der Waals surface area contributed by atoms with Gasteiger partial charge in [-0.25, -0.2) is 4.39 Å². The summed E-state index contributed by atoms with van der Waals surface area (Å²) in [4.78, 5) is 0.987. The first kappa shape index (κ1) is 15.1. The normalized spacial score (nSPS) is 10.8. The van der Waals surface area contributed by atoms with Gasteiger partial charge in [0.05, 0.1) is 0 Å². The molecule has 0 aliphatic heterocycles. The van der Waals surface area contributed by atoms with Crippen molar-refractivity contribution in [2.45, 2.75) is 31.0 Å². The van der Waals surface area contributed by atoms with Crippen LogP contribution < -0.4 is 5.32 Å². The van der Waals surface area contributed by atoms with E-state index in [1.165, 1.54) is 11.1 Å². The van der Waals surface area contributed by atoms with E-state index < -0.39 is 0 Å². The molecule has 0 aliphatic rings. The van der Waals surface area contributed by atoms with Gasteiger partial charge in [-0.05, 0) is 48.4 Å². The highest BCUT2D eigenvalue weighted by molar-refractivity contribution is 7.98. The van der Waals surface area contributed by atoms with Crippen LogP contribution in [0.4, 0.5) is 4.39 Å². The van der Waals surface area contributed by atoms with E-state index in [1.54, 1.807) is 23.9 Å². The van der Waals surface area contributed by atoms with Crippen LogP contribution in [0.5, 0.6) is 0 Å². The topological polar surface area (TPSA) is 12.0 Å². The number of thioether (sulfide) groups is 1. The Labute approximate surface area is 124 Å². The fourth-order valence-corrected chi connectivity index (χ4v) is 3.09. The lowest BCUT2D eigenvalue weighted by Crippen LogP contribution is -2.11. The van der Waals surface area contributed by atoms with Gasteiger partial charge in [-0.15, -0.1) is 11.8 Å². The Hall–Kier alpha value is -1.32. The second-order valence-corrected chi connectivity index (χ2v) is 5.84. The maximum atomic E-state index is 13.6. The first-order chi connectivity index (χ1) is 9.69. The van der Waals surface area contributed by atoms with Crippen LogP contribution in [0.1, 0.15) is 23.6 Å². The highest BCUT2D eigenvalue weighted by atomic mass is 32.2. The fraction of sp³-hybridized carbons (Fsp3) is 0.294. The first-order valence-electron chi connectivity index (χ1n) is 6.86. The van der Waals surface area contributed by atoms with E-state index in [1.807, 2.05) is 19.1 Å². The molecule has 0 saturated carbocycles. The van der Waals surface area contributed by atoms with Gasteiger partial charge in [0, 0.05) is 17.2 Å². The van der Waals surface area contributed by atoms with Gasteiger partial charge in [-0.1, -0.05) is 31.2 Å². The van der Waals surface area contributed by atoms with Crippen LogP contribution in [0, 0.1) is 12.7 Å². The molecule has 2 aromatic carbocycles. The molecule has 0 amide bonds. The van der Waals surface area contributed by atoms with Gasteiger partial charge in [-0.3, -0.25) is 0 Å². The zero-order valence-corrected chi connectivity index (χ0v) is 12.8. The summed E-state index contributed by atoms with van der Waals surface area (Å²) in [5, 5.41) is 3.23. The van der Waals surface area contributed by atoms with Gasteiger partial charge in [0.15, 0.2) is 0 Å². The van der Waals surface area contributed by atoms with Crippen molar-refractivity contribution in [3.05, 3.63) is 65.0 Å². The highest BCUT2D eigenvalue weighted by Gasteiger charge is 2.03. The molecule has 2 rings (SSSR count). The van der Waals surface area contributed by atoms with Crippen LogP contribution in [0.15, 0.2) is 47.4 Å². The van der Waals surface area contributed by atoms with Crippen LogP contribution in [-0.4, -0.2) is 6.54 Å². The van der Waals surface area contributed by atoms with Crippen molar-refractivity contribution in [1.29, 1.82) is 0 Å². The molecule has 0 radical (unpaired) electrons. The highest BCUT2D eigenvalue weighted by Crippen LogP contribution is 2.26. The van der Waals surface area contributed by atoms with E-state index >= 15 is 0 Å². The monoisotopic (exact) mass is 289 g/mol. The minimum absolute atomic E-state index is 0.160.